The van der Waals surface area contributed by atoms with Crippen molar-refractivity contribution in [2.24, 2.45) is 5.41 Å². The molecular weight excluding hydrogens is 310 g/mol. The van der Waals surface area contributed by atoms with Gasteiger partial charge in [0.2, 0.25) is 5.91 Å². The zero-order valence-electron chi connectivity index (χ0n) is 15.0. The van der Waals surface area contributed by atoms with E-state index in [-0.39, 0.29) is 22.7 Å². The van der Waals surface area contributed by atoms with Crippen LogP contribution in [0, 0.1) is 5.41 Å². The largest absolute Gasteiger partial charge is 0.462 e. The van der Waals surface area contributed by atoms with Crippen molar-refractivity contribution in [1.29, 1.82) is 0 Å². The number of thiophene rings is 1. The van der Waals surface area contributed by atoms with Gasteiger partial charge in [0, 0.05) is 11.3 Å². The summed E-state index contributed by atoms with van der Waals surface area (Å²) in [5, 5.41) is 3.60. The standard InChI is InChI=1S/C18H27NO3S/c1-7-22-16(21)13-14-11(8-9-18(14,5)6)23-15(13)19-12(20)10-17(2,3)4/h7-10H2,1-6H3,(H,19,20). The normalized spacial score (nSPS) is 16.1. The molecular formula is C18H27NO3S. The molecule has 1 N–H and O–H groups in total. The van der Waals surface area contributed by atoms with Crippen LogP contribution in [0.15, 0.2) is 0 Å². The predicted octanol–water partition coefficient (Wildman–Crippen LogP) is 4.52. The summed E-state index contributed by atoms with van der Waals surface area (Å²) in [4.78, 5) is 26.0. The Morgan fingerprint density at radius 3 is 2.52 bits per heavy atom. The third-order valence-corrected chi connectivity index (χ3v) is 5.22. The molecule has 1 heterocycles. The number of anilines is 1. The van der Waals surface area contributed by atoms with Crippen LogP contribution in [0.1, 0.15) is 75.2 Å². The summed E-state index contributed by atoms with van der Waals surface area (Å²) in [5.74, 6) is -0.383. The molecule has 0 atom stereocenters. The fourth-order valence-corrected chi connectivity index (χ4v) is 4.44. The van der Waals surface area contributed by atoms with Gasteiger partial charge >= 0.3 is 5.97 Å². The van der Waals surface area contributed by atoms with Crippen molar-refractivity contribution in [1.82, 2.24) is 0 Å². The molecule has 1 amide bonds. The number of carbonyl (C=O) groups excluding carboxylic acids is 2. The van der Waals surface area contributed by atoms with Crippen molar-refractivity contribution in [3.8, 4) is 0 Å². The minimum Gasteiger partial charge on any atom is -0.462 e. The number of ether oxygens (including phenoxy) is 1. The first kappa shape index (κ1) is 18.0. The van der Waals surface area contributed by atoms with Crippen LogP contribution in [0.2, 0.25) is 0 Å². The molecule has 128 valence electrons. The highest BCUT2D eigenvalue weighted by atomic mass is 32.1. The number of esters is 1. The first-order chi connectivity index (χ1) is 10.5. The summed E-state index contributed by atoms with van der Waals surface area (Å²) in [6, 6.07) is 0. The van der Waals surface area contributed by atoms with Crippen molar-refractivity contribution in [3.05, 3.63) is 16.0 Å². The van der Waals surface area contributed by atoms with Crippen LogP contribution in [0.5, 0.6) is 0 Å². The van der Waals surface area contributed by atoms with Crippen molar-refractivity contribution in [2.45, 2.75) is 66.2 Å². The zero-order valence-corrected chi connectivity index (χ0v) is 15.8. The maximum atomic E-state index is 12.5. The highest BCUT2D eigenvalue weighted by Crippen LogP contribution is 2.48. The molecule has 1 aliphatic carbocycles. The smallest absolute Gasteiger partial charge is 0.341 e. The molecule has 0 spiro atoms. The number of rotatable bonds is 4. The van der Waals surface area contributed by atoms with Gasteiger partial charge in [-0.2, -0.15) is 0 Å². The van der Waals surface area contributed by atoms with Crippen LogP contribution in [0.4, 0.5) is 5.00 Å². The minimum absolute atomic E-state index is 0.0546. The number of hydrogen-bond donors (Lipinski definition) is 1. The van der Waals surface area contributed by atoms with E-state index in [4.69, 9.17) is 4.74 Å². The van der Waals surface area contributed by atoms with Crippen LogP contribution in [0.3, 0.4) is 0 Å². The van der Waals surface area contributed by atoms with Gasteiger partial charge in [-0.05, 0) is 36.2 Å². The van der Waals surface area contributed by atoms with E-state index in [9.17, 15) is 9.59 Å². The second kappa shape index (κ2) is 6.27. The lowest BCUT2D eigenvalue weighted by Gasteiger charge is -2.21. The Morgan fingerprint density at radius 2 is 1.96 bits per heavy atom. The Bertz CT molecular complexity index is 623. The number of fused-ring (bicyclic) bond motifs is 1. The first-order valence-corrected chi connectivity index (χ1v) is 9.00. The second-order valence-corrected chi connectivity index (χ2v) is 9.10. The van der Waals surface area contributed by atoms with Crippen molar-refractivity contribution >= 4 is 28.2 Å². The molecule has 0 radical (unpaired) electrons. The SMILES string of the molecule is CCOC(=O)c1c(NC(=O)CC(C)(C)C)sc2c1C(C)(C)CC2. The second-order valence-electron chi connectivity index (χ2n) is 7.99. The monoisotopic (exact) mass is 337 g/mol. The zero-order chi connectivity index (χ0) is 17.4. The third kappa shape index (κ3) is 3.94. The van der Waals surface area contributed by atoms with Gasteiger partial charge in [-0.15, -0.1) is 11.3 Å². The average Bonchev–Trinajstić information content (AvgIpc) is 2.85. The Kier molecular flexibility index (Phi) is 4.90. The van der Waals surface area contributed by atoms with E-state index in [1.54, 1.807) is 6.92 Å². The molecule has 5 heteroatoms. The molecule has 0 bridgehead atoms. The Labute approximate surface area is 142 Å². The van der Waals surface area contributed by atoms with Crippen LogP contribution in [-0.2, 0) is 21.4 Å². The van der Waals surface area contributed by atoms with Crippen LogP contribution in [-0.4, -0.2) is 18.5 Å². The Balaban J connectivity index is 2.37. The molecule has 23 heavy (non-hydrogen) atoms. The molecule has 1 aromatic rings. The molecule has 2 rings (SSSR count). The van der Waals surface area contributed by atoms with E-state index in [0.717, 1.165) is 18.4 Å². The molecule has 0 saturated carbocycles. The molecule has 4 nitrogen and oxygen atoms in total. The summed E-state index contributed by atoms with van der Waals surface area (Å²) in [5.41, 5.74) is 1.48. The van der Waals surface area contributed by atoms with Crippen molar-refractivity contribution in [3.63, 3.8) is 0 Å². The van der Waals surface area contributed by atoms with Crippen LogP contribution in [0.25, 0.3) is 0 Å². The fraction of sp³-hybridized carbons (Fsp3) is 0.667. The van der Waals surface area contributed by atoms with E-state index in [0.29, 0.717) is 23.6 Å². The van der Waals surface area contributed by atoms with E-state index in [2.05, 4.69) is 19.2 Å². The molecule has 0 aliphatic heterocycles. The Morgan fingerprint density at radius 1 is 1.30 bits per heavy atom. The molecule has 1 aliphatic rings. The van der Waals surface area contributed by atoms with Gasteiger partial charge in [0.25, 0.3) is 0 Å². The van der Waals surface area contributed by atoms with Crippen LogP contribution >= 0.6 is 11.3 Å². The molecule has 1 aromatic heterocycles. The Hall–Kier alpha value is -1.36. The van der Waals surface area contributed by atoms with Gasteiger partial charge in [-0.3, -0.25) is 4.79 Å². The van der Waals surface area contributed by atoms with Crippen molar-refractivity contribution in [2.75, 3.05) is 11.9 Å². The van der Waals surface area contributed by atoms with Gasteiger partial charge in [-0.1, -0.05) is 34.6 Å². The lowest BCUT2D eigenvalue weighted by molar-refractivity contribution is -0.117. The third-order valence-electron chi connectivity index (χ3n) is 4.06. The summed E-state index contributed by atoms with van der Waals surface area (Å²) in [6.45, 7) is 12.5. The van der Waals surface area contributed by atoms with E-state index in [1.807, 2.05) is 20.8 Å². The summed E-state index contributed by atoms with van der Waals surface area (Å²) in [6.07, 6.45) is 2.40. The lowest BCUT2D eigenvalue weighted by Crippen LogP contribution is -2.22. The highest BCUT2D eigenvalue weighted by molar-refractivity contribution is 7.17. The lowest BCUT2D eigenvalue weighted by atomic mass is 9.85. The summed E-state index contributed by atoms with van der Waals surface area (Å²) in [7, 11) is 0. The maximum Gasteiger partial charge on any atom is 0.341 e. The summed E-state index contributed by atoms with van der Waals surface area (Å²) >= 11 is 1.53. The quantitative estimate of drug-likeness (QED) is 0.822. The molecule has 0 aromatic carbocycles. The van der Waals surface area contributed by atoms with E-state index >= 15 is 0 Å². The highest BCUT2D eigenvalue weighted by Gasteiger charge is 2.39. The fourth-order valence-electron chi connectivity index (χ4n) is 3.06. The average molecular weight is 337 g/mol. The summed E-state index contributed by atoms with van der Waals surface area (Å²) < 4.78 is 5.24. The first-order valence-electron chi connectivity index (χ1n) is 8.18. The number of carbonyl (C=O) groups is 2. The number of aryl methyl sites for hydroxylation is 1. The maximum absolute atomic E-state index is 12.5. The van der Waals surface area contributed by atoms with Gasteiger partial charge in [0.1, 0.15) is 5.00 Å². The van der Waals surface area contributed by atoms with E-state index < -0.39 is 0 Å². The van der Waals surface area contributed by atoms with Gasteiger partial charge in [-0.25, -0.2) is 4.79 Å². The topological polar surface area (TPSA) is 55.4 Å². The molecule has 0 fully saturated rings. The van der Waals surface area contributed by atoms with E-state index in [1.165, 1.54) is 16.2 Å². The number of nitrogens with one attached hydrogen (secondary N) is 1. The number of hydrogen-bond acceptors (Lipinski definition) is 4. The molecule has 0 unspecified atom stereocenters. The van der Waals surface area contributed by atoms with Crippen LogP contribution < -0.4 is 5.32 Å². The number of amides is 1. The predicted molar refractivity (Wildman–Crippen MR) is 94.3 cm³/mol. The van der Waals surface area contributed by atoms with Crippen molar-refractivity contribution < 1.29 is 14.3 Å². The van der Waals surface area contributed by atoms with Gasteiger partial charge in [0.15, 0.2) is 0 Å². The minimum atomic E-state index is -0.328. The van der Waals surface area contributed by atoms with Gasteiger partial charge in [0.05, 0.1) is 12.2 Å². The van der Waals surface area contributed by atoms with Gasteiger partial charge < -0.3 is 10.1 Å². The molecule has 0 saturated heterocycles.